The van der Waals surface area contributed by atoms with Crippen molar-refractivity contribution in [3.05, 3.63) is 47.8 Å². The molecular weight excluding hydrogens is 212 g/mol. The number of aromatic nitrogens is 2. The Hall–Kier alpha value is -2.10. The Morgan fingerprint density at radius 2 is 1.94 bits per heavy atom. The summed E-state index contributed by atoms with van der Waals surface area (Å²) in [6.45, 7) is 2.75. The molecule has 0 aliphatic rings. The number of aryl methyl sites for hydroxylation is 1. The van der Waals surface area contributed by atoms with Crippen molar-refractivity contribution < 1.29 is 0 Å². The van der Waals surface area contributed by atoms with Gasteiger partial charge in [-0.1, -0.05) is 37.3 Å². The topological polar surface area (TPSA) is 63.8 Å². The highest BCUT2D eigenvalue weighted by Crippen LogP contribution is 2.10. The van der Waals surface area contributed by atoms with Crippen molar-refractivity contribution in [1.29, 1.82) is 0 Å². The van der Waals surface area contributed by atoms with Crippen LogP contribution in [-0.4, -0.2) is 9.97 Å². The van der Waals surface area contributed by atoms with Crippen LogP contribution < -0.4 is 11.1 Å². The molecule has 2 rings (SSSR count). The Morgan fingerprint density at radius 1 is 1.18 bits per heavy atom. The lowest BCUT2D eigenvalue weighted by Gasteiger charge is -2.07. The van der Waals surface area contributed by atoms with E-state index in [2.05, 4.69) is 27.4 Å². The van der Waals surface area contributed by atoms with Crippen molar-refractivity contribution in [3.63, 3.8) is 0 Å². The van der Waals surface area contributed by atoms with E-state index >= 15 is 0 Å². The van der Waals surface area contributed by atoms with Gasteiger partial charge in [0.1, 0.15) is 17.5 Å². The lowest BCUT2D eigenvalue weighted by Crippen LogP contribution is -2.06. The van der Waals surface area contributed by atoms with Gasteiger partial charge in [-0.2, -0.15) is 0 Å². The lowest BCUT2D eigenvalue weighted by atomic mass is 10.2. The molecule has 17 heavy (non-hydrogen) atoms. The smallest absolute Gasteiger partial charge is 0.132 e. The molecule has 4 heteroatoms. The van der Waals surface area contributed by atoms with Gasteiger partial charge in [0.2, 0.25) is 0 Å². The molecule has 88 valence electrons. The fourth-order valence-electron chi connectivity index (χ4n) is 1.55. The summed E-state index contributed by atoms with van der Waals surface area (Å²) in [6.07, 6.45) is 0.783. The molecule has 1 aromatic heterocycles. The molecule has 0 spiro atoms. The van der Waals surface area contributed by atoms with Gasteiger partial charge in [-0.15, -0.1) is 0 Å². The summed E-state index contributed by atoms with van der Waals surface area (Å²) in [5.74, 6) is 2.05. The molecule has 0 saturated heterocycles. The molecule has 0 aliphatic carbocycles. The normalized spacial score (nSPS) is 10.2. The van der Waals surface area contributed by atoms with Crippen LogP contribution in [0.5, 0.6) is 0 Å². The van der Waals surface area contributed by atoms with Crippen molar-refractivity contribution >= 4 is 11.6 Å². The molecule has 1 heterocycles. The van der Waals surface area contributed by atoms with Crippen LogP contribution >= 0.6 is 0 Å². The van der Waals surface area contributed by atoms with Gasteiger partial charge in [-0.3, -0.25) is 0 Å². The first-order valence-electron chi connectivity index (χ1n) is 5.69. The average molecular weight is 228 g/mol. The van der Waals surface area contributed by atoms with Gasteiger partial charge in [-0.25, -0.2) is 9.97 Å². The summed E-state index contributed by atoms with van der Waals surface area (Å²) >= 11 is 0. The fraction of sp³-hybridized carbons (Fsp3) is 0.231. The van der Waals surface area contributed by atoms with Gasteiger partial charge in [-0.05, 0) is 5.56 Å². The second-order valence-electron chi connectivity index (χ2n) is 3.79. The SMILES string of the molecule is CCc1nc(N)cc(NCc2ccccc2)n1. The minimum Gasteiger partial charge on any atom is -0.384 e. The highest BCUT2D eigenvalue weighted by Gasteiger charge is 2.00. The van der Waals surface area contributed by atoms with E-state index in [1.54, 1.807) is 6.07 Å². The number of nitrogen functional groups attached to an aromatic ring is 1. The molecule has 4 nitrogen and oxygen atoms in total. The predicted octanol–water partition coefficient (Wildman–Crippen LogP) is 2.23. The molecule has 0 aliphatic heterocycles. The van der Waals surface area contributed by atoms with Crippen LogP contribution in [0, 0.1) is 0 Å². The van der Waals surface area contributed by atoms with Crippen LogP contribution in [0.3, 0.4) is 0 Å². The monoisotopic (exact) mass is 228 g/mol. The summed E-state index contributed by atoms with van der Waals surface area (Å²) in [7, 11) is 0. The number of nitrogens with two attached hydrogens (primary N) is 1. The van der Waals surface area contributed by atoms with Gasteiger partial charge in [0.05, 0.1) is 0 Å². The van der Waals surface area contributed by atoms with E-state index in [9.17, 15) is 0 Å². The zero-order chi connectivity index (χ0) is 12.1. The molecule has 0 saturated carbocycles. The quantitative estimate of drug-likeness (QED) is 0.842. The maximum atomic E-state index is 5.71. The summed E-state index contributed by atoms with van der Waals surface area (Å²) in [4.78, 5) is 8.50. The zero-order valence-electron chi connectivity index (χ0n) is 9.85. The highest BCUT2D eigenvalue weighted by atomic mass is 15.0. The van der Waals surface area contributed by atoms with E-state index in [4.69, 9.17) is 5.73 Å². The summed E-state index contributed by atoms with van der Waals surface area (Å²) in [6, 6.07) is 11.9. The molecule has 0 amide bonds. The Balaban J connectivity index is 2.06. The summed E-state index contributed by atoms with van der Waals surface area (Å²) < 4.78 is 0. The number of rotatable bonds is 4. The molecule has 1 aromatic carbocycles. The molecule has 0 unspecified atom stereocenters. The maximum Gasteiger partial charge on any atom is 0.132 e. The van der Waals surface area contributed by atoms with Gasteiger partial charge in [0, 0.05) is 19.0 Å². The van der Waals surface area contributed by atoms with Crippen molar-refractivity contribution in [2.75, 3.05) is 11.1 Å². The number of anilines is 2. The summed E-state index contributed by atoms with van der Waals surface area (Å²) in [5.41, 5.74) is 6.92. The Kier molecular flexibility index (Phi) is 3.55. The first-order chi connectivity index (χ1) is 8.28. The number of benzene rings is 1. The second-order valence-corrected chi connectivity index (χ2v) is 3.79. The van der Waals surface area contributed by atoms with Gasteiger partial charge in [0.15, 0.2) is 0 Å². The minimum atomic E-state index is 0.507. The second kappa shape index (κ2) is 5.30. The third-order valence-electron chi connectivity index (χ3n) is 2.42. The van der Waals surface area contributed by atoms with Crippen molar-refractivity contribution in [2.24, 2.45) is 0 Å². The van der Waals surface area contributed by atoms with Crippen LogP contribution in [0.25, 0.3) is 0 Å². The third-order valence-corrected chi connectivity index (χ3v) is 2.42. The molecular formula is C13H16N4. The zero-order valence-corrected chi connectivity index (χ0v) is 9.85. The molecule has 0 fully saturated rings. The van der Waals surface area contributed by atoms with E-state index in [-0.39, 0.29) is 0 Å². The largest absolute Gasteiger partial charge is 0.384 e. The molecule has 0 radical (unpaired) electrons. The van der Waals surface area contributed by atoms with E-state index in [0.29, 0.717) is 5.82 Å². The Morgan fingerprint density at radius 3 is 2.65 bits per heavy atom. The van der Waals surface area contributed by atoms with E-state index in [1.807, 2.05) is 25.1 Å². The predicted molar refractivity (Wildman–Crippen MR) is 69.6 cm³/mol. The van der Waals surface area contributed by atoms with E-state index < -0.39 is 0 Å². The minimum absolute atomic E-state index is 0.507. The van der Waals surface area contributed by atoms with Crippen LogP contribution in [-0.2, 0) is 13.0 Å². The lowest BCUT2D eigenvalue weighted by molar-refractivity contribution is 0.938. The van der Waals surface area contributed by atoms with Crippen LogP contribution in [0.2, 0.25) is 0 Å². The van der Waals surface area contributed by atoms with Crippen LogP contribution in [0.4, 0.5) is 11.6 Å². The Bertz CT molecular complexity index is 482. The van der Waals surface area contributed by atoms with Gasteiger partial charge < -0.3 is 11.1 Å². The standard InChI is InChI=1S/C13H16N4/c1-2-12-16-11(14)8-13(17-12)15-9-10-6-4-3-5-7-10/h3-8H,2,9H2,1H3,(H3,14,15,16,17). The fourth-order valence-corrected chi connectivity index (χ4v) is 1.55. The molecule has 2 aromatic rings. The Labute approximate surface area is 101 Å². The molecule has 0 atom stereocenters. The third kappa shape index (κ3) is 3.17. The van der Waals surface area contributed by atoms with E-state index in [1.165, 1.54) is 5.56 Å². The van der Waals surface area contributed by atoms with Crippen LogP contribution in [0.15, 0.2) is 36.4 Å². The van der Waals surface area contributed by atoms with Crippen molar-refractivity contribution in [1.82, 2.24) is 9.97 Å². The van der Waals surface area contributed by atoms with Gasteiger partial charge >= 0.3 is 0 Å². The number of hydrogen-bond acceptors (Lipinski definition) is 4. The number of hydrogen-bond donors (Lipinski definition) is 2. The average Bonchev–Trinajstić information content (AvgIpc) is 2.37. The van der Waals surface area contributed by atoms with E-state index in [0.717, 1.165) is 24.6 Å². The first-order valence-corrected chi connectivity index (χ1v) is 5.69. The van der Waals surface area contributed by atoms with Gasteiger partial charge in [0.25, 0.3) is 0 Å². The first kappa shape index (κ1) is 11.4. The van der Waals surface area contributed by atoms with Crippen LogP contribution in [0.1, 0.15) is 18.3 Å². The molecule has 0 bridgehead atoms. The number of nitrogens with one attached hydrogen (secondary N) is 1. The molecule has 3 N–H and O–H groups in total. The van der Waals surface area contributed by atoms with Crippen molar-refractivity contribution in [2.45, 2.75) is 19.9 Å². The van der Waals surface area contributed by atoms with Crippen molar-refractivity contribution in [3.8, 4) is 0 Å². The summed E-state index contributed by atoms with van der Waals surface area (Å²) in [5, 5.41) is 3.25. The maximum absolute atomic E-state index is 5.71. The number of nitrogens with zero attached hydrogens (tertiary/aromatic N) is 2. The highest BCUT2D eigenvalue weighted by molar-refractivity contribution is 5.45.